The van der Waals surface area contributed by atoms with Gasteiger partial charge in [-0.05, 0) is 41.7 Å². The predicted molar refractivity (Wildman–Crippen MR) is 88.3 cm³/mol. The normalized spacial score (nSPS) is 27.2. The third kappa shape index (κ3) is 2.35. The molecule has 4 rings (SSSR count). The quantitative estimate of drug-likeness (QED) is 0.696. The van der Waals surface area contributed by atoms with Crippen LogP contribution in [0.3, 0.4) is 0 Å². The van der Waals surface area contributed by atoms with E-state index in [0.717, 1.165) is 0 Å². The van der Waals surface area contributed by atoms with E-state index in [9.17, 15) is 0 Å². The van der Waals surface area contributed by atoms with Crippen molar-refractivity contribution in [2.24, 2.45) is 5.92 Å². The van der Waals surface area contributed by atoms with E-state index < -0.39 is 0 Å². The summed E-state index contributed by atoms with van der Waals surface area (Å²) in [4.78, 5) is 0. The molecule has 0 spiro atoms. The first-order valence-electron chi connectivity index (χ1n) is 7.90. The molecule has 2 aliphatic carbocycles. The lowest BCUT2D eigenvalue weighted by atomic mass is 9.97. The SMILES string of the molecule is C1=CCCC(C2C(c3ccccc3)C2c2ccccc2)=C1. The number of hydrogen-bond donors (Lipinski definition) is 0. The van der Waals surface area contributed by atoms with Crippen molar-refractivity contribution in [1.82, 2.24) is 0 Å². The van der Waals surface area contributed by atoms with Crippen molar-refractivity contribution in [1.29, 1.82) is 0 Å². The highest BCUT2D eigenvalue weighted by molar-refractivity contribution is 5.45. The summed E-state index contributed by atoms with van der Waals surface area (Å²) in [6, 6.07) is 22.1. The van der Waals surface area contributed by atoms with Crippen LogP contribution in [0.2, 0.25) is 0 Å². The van der Waals surface area contributed by atoms with Crippen LogP contribution in [0.4, 0.5) is 0 Å². The van der Waals surface area contributed by atoms with Crippen molar-refractivity contribution in [2.45, 2.75) is 24.7 Å². The summed E-state index contributed by atoms with van der Waals surface area (Å²) in [6.07, 6.45) is 9.30. The highest BCUT2D eigenvalue weighted by atomic mass is 14.6. The van der Waals surface area contributed by atoms with Gasteiger partial charge in [-0.1, -0.05) is 84.5 Å². The van der Waals surface area contributed by atoms with E-state index in [2.05, 4.69) is 78.9 Å². The minimum Gasteiger partial charge on any atom is -0.0842 e. The highest BCUT2D eigenvalue weighted by Crippen LogP contribution is 2.64. The molecule has 0 aromatic heterocycles. The van der Waals surface area contributed by atoms with Gasteiger partial charge < -0.3 is 0 Å². The second-order valence-electron chi connectivity index (χ2n) is 6.11. The Morgan fingerprint density at radius 2 is 1.24 bits per heavy atom. The molecule has 0 saturated heterocycles. The summed E-state index contributed by atoms with van der Waals surface area (Å²) in [5.74, 6) is 2.01. The van der Waals surface area contributed by atoms with E-state index in [4.69, 9.17) is 0 Å². The fraction of sp³-hybridized carbons (Fsp3) is 0.238. The largest absolute Gasteiger partial charge is 0.0842 e. The maximum absolute atomic E-state index is 2.35. The molecule has 2 aromatic carbocycles. The van der Waals surface area contributed by atoms with E-state index in [-0.39, 0.29) is 0 Å². The third-order valence-corrected chi connectivity index (χ3v) is 4.86. The molecule has 1 saturated carbocycles. The summed E-state index contributed by atoms with van der Waals surface area (Å²) >= 11 is 0. The molecular formula is C21H20. The Hall–Kier alpha value is -2.08. The Kier molecular flexibility index (Phi) is 3.23. The molecule has 0 heteroatoms. The topological polar surface area (TPSA) is 0 Å². The van der Waals surface area contributed by atoms with Crippen molar-refractivity contribution in [2.75, 3.05) is 0 Å². The van der Waals surface area contributed by atoms with Crippen LogP contribution in [0.25, 0.3) is 0 Å². The highest BCUT2D eigenvalue weighted by Gasteiger charge is 2.52. The number of allylic oxidation sites excluding steroid dienone is 4. The predicted octanol–water partition coefficient (Wildman–Crippen LogP) is 5.46. The van der Waals surface area contributed by atoms with E-state index in [0.29, 0.717) is 17.8 Å². The van der Waals surface area contributed by atoms with E-state index in [1.54, 1.807) is 5.57 Å². The molecule has 0 amide bonds. The average molecular weight is 272 g/mol. The average Bonchev–Trinajstić information content (AvgIpc) is 3.33. The zero-order chi connectivity index (χ0) is 14.1. The second kappa shape index (κ2) is 5.37. The van der Waals surface area contributed by atoms with Crippen molar-refractivity contribution < 1.29 is 0 Å². The zero-order valence-electron chi connectivity index (χ0n) is 12.2. The van der Waals surface area contributed by atoms with Gasteiger partial charge in [0.2, 0.25) is 0 Å². The van der Waals surface area contributed by atoms with Crippen LogP contribution < -0.4 is 0 Å². The van der Waals surface area contributed by atoms with Gasteiger partial charge in [-0.25, -0.2) is 0 Å². The maximum atomic E-state index is 2.35. The molecule has 0 N–H and O–H groups in total. The van der Waals surface area contributed by atoms with Gasteiger partial charge in [-0.15, -0.1) is 0 Å². The van der Waals surface area contributed by atoms with Gasteiger partial charge in [-0.3, -0.25) is 0 Å². The number of benzene rings is 2. The lowest BCUT2D eigenvalue weighted by Gasteiger charge is -2.09. The zero-order valence-corrected chi connectivity index (χ0v) is 12.2. The molecule has 2 unspecified atom stereocenters. The Morgan fingerprint density at radius 1 is 0.667 bits per heavy atom. The molecule has 1 fully saturated rings. The van der Waals surface area contributed by atoms with Crippen molar-refractivity contribution >= 4 is 0 Å². The molecule has 0 bridgehead atoms. The van der Waals surface area contributed by atoms with Crippen molar-refractivity contribution in [3.63, 3.8) is 0 Å². The first-order chi connectivity index (χ1) is 10.4. The fourth-order valence-electron chi connectivity index (χ4n) is 3.85. The van der Waals surface area contributed by atoms with Gasteiger partial charge in [0.15, 0.2) is 0 Å². The van der Waals surface area contributed by atoms with Crippen LogP contribution in [0.5, 0.6) is 0 Å². The fourth-order valence-corrected chi connectivity index (χ4v) is 3.85. The molecule has 104 valence electrons. The van der Waals surface area contributed by atoms with Crippen LogP contribution in [0.1, 0.15) is 35.8 Å². The monoisotopic (exact) mass is 272 g/mol. The molecule has 21 heavy (non-hydrogen) atoms. The summed E-state index contributed by atoms with van der Waals surface area (Å²) < 4.78 is 0. The van der Waals surface area contributed by atoms with Gasteiger partial charge in [-0.2, -0.15) is 0 Å². The summed E-state index contributed by atoms with van der Waals surface area (Å²) in [5, 5.41) is 0. The summed E-state index contributed by atoms with van der Waals surface area (Å²) in [7, 11) is 0. The molecule has 0 radical (unpaired) electrons. The lowest BCUT2D eigenvalue weighted by molar-refractivity contribution is 0.813. The third-order valence-electron chi connectivity index (χ3n) is 4.86. The standard InChI is InChI=1S/C21H20/c1-4-10-16(11-5-1)19-20(17-12-6-2-7-13-17)21(19)18-14-8-3-9-15-18/h1-8,10-14,19-21H,9,15H2. The van der Waals surface area contributed by atoms with Crippen LogP contribution in [0.15, 0.2) is 84.5 Å². The minimum atomic E-state index is 0.659. The van der Waals surface area contributed by atoms with Gasteiger partial charge in [0.05, 0.1) is 0 Å². The first-order valence-corrected chi connectivity index (χ1v) is 7.90. The van der Waals surface area contributed by atoms with Crippen molar-refractivity contribution in [3.8, 4) is 0 Å². The van der Waals surface area contributed by atoms with Gasteiger partial charge in [0.25, 0.3) is 0 Å². The van der Waals surface area contributed by atoms with Crippen LogP contribution in [0, 0.1) is 5.92 Å². The first kappa shape index (κ1) is 12.6. The molecule has 2 aliphatic rings. The number of rotatable bonds is 3. The Morgan fingerprint density at radius 3 is 1.71 bits per heavy atom. The second-order valence-corrected chi connectivity index (χ2v) is 6.11. The van der Waals surface area contributed by atoms with Gasteiger partial charge in [0, 0.05) is 0 Å². The Bertz CT molecular complexity index is 618. The maximum Gasteiger partial charge on any atom is -0.00153 e. The van der Waals surface area contributed by atoms with E-state index in [1.807, 2.05) is 0 Å². The molecule has 0 heterocycles. The van der Waals surface area contributed by atoms with Gasteiger partial charge >= 0.3 is 0 Å². The Balaban J connectivity index is 1.70. The van der Waals surface area contributed by atoms with E-state index in [1.165, 1.54) is 24.0 Å². The Labute approximate surface area is 126 Å². The number of hydrogen-bond acceptors (Lipinski definition) is 0. The summed E-state index contributed by atoms with van der Waals surface area (Å²) in [6.45, 7) is 0. The minimum absolute atomic E-state index is 0.659. The molecule has 0 nitrogen and oxygen atoms in total. The smallest absolute Gasteiger partial charge is 0.00153 e. The molecular weight excluding hydrogens is 252 g/mol. The molecule has 2 aromatic rings. The summed E-state index contributed by atoms with van der Waals surface area (Å²) in [5.41, 5.74) is 4.62. The molecule has 2 atom stereocenters. The van der Waals surface area contributed by atoms with Gasteiger partial charge in [0.1, 0.15) is 0 Å². The van der Waals surface area contributed by atoms with Crippen LogP contribution >= 0.6 is 0 Å². The lowest BCUT2D eigenvalue weighted by Crippen LogP contribution is -1.93. The van der Waals surface area contributed by atoms with Crippen molar-refractivity contribution in [3.05, 3.63) is 95.6 Å². The van der Waals surface area contributed by atoms with Crippen LogP contribution in [-0.4, -0.2) is 0 Å². The van der Waals surface area contributed by atoms with Crippen LogP contribution in [-0.2, 0) is 0 Å². The molecule has 0 aliphatic heterocycles. The van der Waals surface area contributed by atoms with E-state index >= 15 is 0 Å².